The van der Waals surface area contributed by atoms with E-state index >= 15 is 0 Å². The Bertz CT molecular complexity index is 291. The molecule has 4 heteroatoms. The first kappa shape index (κ1) is 9.90. The molecule has 1 saturated heterocycles. The van der Waals surface area contributed by atoms with Crippen molar-refractivity contribution in [1.29, 1.82) is 0 Å². The summed E-state index contributed by atoms with van der Waals surface area (Å²) in [7, 11) is 0. The van der Waals surface area contributed by atoms with Crippen LogP contribution >= 0.6 is 15.9 Å². The van der Waals surface area contributed by atoms with Gasteiger partial charge in [0.25, 0.3) is 0 Å². The maximum absolute atomic E-state index is 4.26. The zero-order valence-electron chi connectivity index (χ0n) is 8.23. The Kier molecular flexibility index (Phi) is 3.01. The molecule has 0 bridgehead atoms. The van der Waals surface area contributed by atoms with Crippen molar-refractivity contribution in [1.82, 2.24) is 9.97 Å². The Morgan fingerprint density at radius 1 is 1.43 bits per heavy atom. The van der Waals surface area contributed by atoms with Crippen LogP contribution in [0.25, 0.3) is 0 Å². The Morgan fingerprint density at radius 2 is 2.14 bits per heavy atom. The average molecular weight is 256 g/mol. The largest absolute Gasteiger partial charge is 0.340 e. The SMILES string of the molecule is CC1CN(c2ncccn2)CCC1Br. The van der Waals surface area contributed by atoms with E-state index in [2.05, 4.69) is 37.7 Å². The fourth-order valence-corrected chi connectivity index (χ4v) is 2.13. The van der Waals surface area contributed by atoms with Gasteiger partial charge in [-0.05, 0) is 18.4 Å². The molecule has 0 N–H and O–H groups in total. The number of hydrogen-bond acceptors (Lipinski definition) is 3. The number of nitrogens with zero attached hydrogens (tertiary/aromatic N) is 3. The molecule has 1 aliphatic rings. The van der Waals surface area contributed by atoms with Crippen molar-refractivity contribution in [2.75, 3.05) is 18.0 Å². The highest BCUT2D eigenvalue weighted by Crippen LogP contribution is 2.25. The summed E-state index contributed by atoms with van der Waals surface area (Å²) in [6.45, 7) is 4.35. The van der Waals surface area contributed by atoms with Gasteiger partial charge in [0.15, 0.2) is 0 Å². The lowest BCUT2D eigenvalue weighted by Crippen LogP contribution is -2.40. The van der Waals surface area contributed by atoms with Crippen LogP contribution in [-0.4, -0.2) is 27.9 Å². The molecule has 14 heavy (non-hydrogen) atoms. The first-order chi connectivity index (χ1) is 6.77. The Hall–Kier alpha value is -0.640. The fourth-order valence-electron chi connectivity index (χ4n) is 1.75. The fraction of sp³-hybridized carbons (Fsp3) is 0.600. The number of halogens is 1. The average Bonchev–Trinajstić information content (AvgIpc) is 2.23. The number of anilines is 1. The number of aromatic nitrogens is 2. The molecule has 1 aliphatic heterocycles. The quantitative estimate of drug-likeness (QED) is 0.720. The molecule has 0 aliphatic carbocycles. The van der Waals surface area contributed by atoms with Gasteiger partial charge >= 0.3 is 0 Å². The molecule has 1 aromatic heterocycles. The molecule has 0 saturated carbocycles. The van der Waals surface area contributed by atoms with Gasteiger partial charge in [-0.3, -0.25) is 0 Å². The van der Waals surface area contributed by atoms with Gasteiger partial charge in [0.05, 0.1) is 0 Å². The monoisotopic (exact) mass is 255 g/mol. The number of rotatable bonds is 1. The Balaban J connectivity index is 2.07. The van der Waals surface area contributed by atoms with Crippen LogP contribution in [-0.2, 0) is 0 Å². The van der Waals surface area contributed by atoms with Crippen LogP contribution in [0.4, 0.5) is 5.95 Å². The van der Waals surface area contributed by atoms with Crippen LogP contribution in [0.1, 0.15) is 13.3 Å². The molecular weight excluding hydrogens is 242 g/mol. The molecule has 3 nitrogen and oxygen atoms in total. The second-order valence-electron chi connectivity index (χ2n) is 3.78. The van der Waals surface area contributed by atoms with E-state index in [9.17, 15) is 0 Å². The van der Waals surface area contributed by atoms with Crippen LogP contribution in [0, 0.1) is 5.92 Å². The molecule has 0 radical (unpaired) electrons. The Labute approximate surface area is 92.7 Å². The van der Waals surface area contributed by atoms with E-state index in [0.717, 1.165) is 19.0 Å². The molecule has 1 fully saturated rings. The topological polar surface area (TPSA) is 29.0 Å². The molecule has 2 rings (SSSR count). The molecule has 2 atom stereocenters. The van der Waals surface area contributed by atoms with Crippen LogP contribution in [0.3, 0.4) is 0 Å². The van der Waals surface area contributed by atoms with Gasteiger partial charge in [-0.15, -0.1) is 0 Å². The summed E-state index contributed by atoms with van der Waals surface area (Å²) in [6.07, 6.45) is 4.76. The second-order valence-corrected chi connectivity index (χ2v) is 4.95. The summed E-state index contributed by atoms with van der Waals surface area (Å²) < 4.78 is 0. The van der Waals surface area contributed by atoms with Crippen molar-refractivity contribution in [3.8, 4) is 0 Å². The van der Waals surface area contributed by atoms with Crippen molar-refractivity contribution in [3.05, 3.63) is 18.5 Å². The molecular formula is C10H14BrN3. The first-order valence-corrected chi connectivity index (χ1v) is 5.85. The van der Waals surface area contributed by atoms with Crippen molar-refractivity contribution in [3.63, 3.8) is 0 Å². The van der Waals surface area contributed by atoms with Crippen molar-refractivity contribution < 1.29 is 0 Å². The van der Waals surface area contributed by atoms with E-state index in [1.165, 1.54) is 6.42 Å². The summed E-state index contributed by atoms with van der Waals surface area (Å²) in [4.78, 5) is 11.4. The third kappa shape index (κ3) is 2.05. The van der Waals surface area contributed by atoms with Gasteiger partial charge < -0.3 is 4.90 Å². The number of hydrogen-bond donors (Lipinski definition) is 0. The molecule has 76 valence electrons. The lowest BCUT2D eigenvalue weighted by Gasteiger charge is -2.34. The van der Waals surface area contributed by atoms with E-state index < -0.39 is 0 Å². The second kappa shape index (κ2) is 4.26. The van der Waals surface area contributed by atoms with Crippen molar-refractivity contribution >= 4 is 21.9 Å². The minimum Gasteiger partial charge on any atom is -0.340 e. The van der Waals surface area contributed by atoms with E-state index in [0.29, 0.717) is 10.7 Å². The highest BCUT2D eigenvalue weighted by Gasteiger charge is 2.24. The minimum atomic E-state index is 0.641. The maximum atomic E-state index is 4.26. The van der Waals surface area contributed by atoms with Gasteiger partial charge in [-0.2, -0.15) is 0 Å². The standard InChI is InChI=1S/C10H14BrN3/c1-8-7-14(6-3-9(8)11)10-12-4-2-5-13-10/h2,4-5,8-9H,3,6-7H2,1H3. The highest BCUT2D eigenvalue weighted by molar-refractivity contribution is 9.09. The van der Waals surface area contributed by atoms with Crippen molar-refractivity contribution in [2.24, 2.45) is 5.92 Å². The van der Waals surface area contributed by atoms with Crippen molar-refractivity contribution in [2.45, 2.75) is 18.2 Å². The molecule has 2 unspecified atom stereocenters. The van der Waals surface area contributed by atoms with Crippen LogP contribution in [0.15, 0.2) is 18.5 Å². The first-order valence-electron chi connectivity index (χ1n) is 4.93. The zero-order valence-corrected chi connectivity index (χ0v) is 9.81. The molecule has 1 aromatic rings. The predicted molar refractivity (Wildman–Crippen MR) is 60.7 cm³/mol. The third-order valence-corrected chi connectivity index (χ3v) is 4.00. The van der Waals surface area contributed by atoms with E-state index in [1.807, 2.05) is 6.07 Å². The smallest absolute Gasteiger partial charge is 0.225 e. The van der Waals surface area contributed by atoms with Gasteiger partial charge in [0.2, 0.25) is 5.95 Å². The van der Waals surface area contributed by atoms with Crippen LogP contribution < -0.4 is 4.90 Å². The third-order valence-electron chi connectivity index (χ3n) is 2.64. The Morgan fingerprint density at radius 3 is 2.79 bits per heavy atom. The van der Waals surface area contributed by atoms with Crippen LogP contribution in [0.2, 0.25) is 0 Å². The predicted octanol–water partition coefficient (Wildman–Crippen LogP) is 2.09. The molecule has 0 aromatic carbocycles. The summed E-state index contributed by atoms with van der Waals surface area (Å²) in [5.41, 5.74) is 0. The number of alkyl halides is 1. The van der Waals surface area contributed by atoms with Gasteiger partial charge in [-0.1, -0.05) is 22.9 Å². The van der Waals surface area contributed by atoms with E-state index in [-0.39, 0.29) is 0 Å². The van der Waals surface area contributed by atoms with Crippen LogP contribution in [0.5, 0.6) is 0 Å². The van der Waals surface area contributed by atoms with Gasteiger partial charge in [-0.25, -0.2) is 9.97 Å². The molecule has 0 spiro atoms. The molecule has 2 heterocycles. The van der Waals surface area contributed by atoms with E-state index in [4.69, 9.17) is 0 Å². The van der Waals surface area contributed by atoms with E-state index in [1.54, 1.807) is 12.4 Å². The van der Waals surface area contributed by atoms with Gasteiger partial charge in [0, 0.05) is 30.3 Å². The number of piperidine rings is 1. The highest BCUT2D eigenvalue weighted by atomic mass is 79.9. The zero-order chi connectivity index (χ0) is 9.97. The summed E-state index contributed by atoms with van der Waals surface area (Å²) >= 11 is 3.69. The normalized spacial score (nSPS) is 27.7. The maximum Gasteiger partial charge on any atom is 0.225 e. The summed E-state index contributed by atoms with van der Waals surface area (Å²) in [5, 5.41) is 0. The van der Waals surface area contributed by atoms with Gasteiger partial charge in [0.1, 0.15) is 0 Å². The molecule has 0 amide bonds. The lowest BCUT2D eigenvalue weighted by atomic mass is 10.0. The summed E-state index contributed by atoms with van der Waals surface area (Å²) in [5.74, 6) is 1.52. The summed E-state index contributed by atoms with van der Waals surface area (Å²) in [6, 6.07) is 1.85. The lowest BCUT2D eigenvalue weighted by molar-refractivity contribution is 0.461. The minimum absolute atomic E-state index is 0.641.